The topological polar surface area (TPSA) is 95.6 Å². The molecule has 1 heterocycles. The number of hydrogen-bond acceptors (Lipinski definition) is 4. The van der Waals surface area contributed by atoms with Gasteiger partial charge in [0.25, 0.3) is 0 Å². The van der Waals surface area contributed by atoms with Crippen molar-refractivity contribution in [3.63, 3.8) is 0 Å². The third kappa shape index (κ3) is 6.39. The molecule has 178 valence electrons. The minimum atomic E-state index is -3.58. The summed E-state index contributed by atoms with van der Waals surface area (Å²) < 4.78 is 40.0. The van der Waals surface area contributed by atoms with Crippen LogP contribution in [-0.2, 0) is 26.2 Å². The molecule has 9 heteroatoms. The van der Waals surface area contributed by atoms with Gasteiger partial charge in [0.1, 0.15) is 11.9 Å². The summed E-state index contributed by atoms with van der Waals surface area (Å²) in [7, 11) is -3.58. The number of piperidine rings is 1. The van der Waals surface area contributed by atoms with Crippen molar-refractivity contribution in [2.75, 3.05) is 13.1 Å². The Bertz CT molecular complexity index is 1050. The second kappa shape index (κ2) is 10.9. The molecule has 2 N–H and O–H groups in total. The smallest absolute Gasteiger partial charge is 0.243 e. The summed E-state index contributed by atoms with van der Waals surface area (Å²) in [6.07, 6.45) is 0.778. The Hall–Kier alpha value is -2.78. The molecule has 1 atom stereocenters. The highest BCUT2D eigenvalue weighted by molar-refractivity contribution is 7.89. The van der Waals surface area contributed by atoms with Crippen molar-refractivity contribution in [3.8, 4) is 0 Å². The van der Waals surface area contributed by atoms with Gasteiger partial charge < -0.3 is 10.6 Å². The lowest BCUT2D eigenvalue weighted by Gasteiger charge is -2.32. The predicted octanol–water partition coefficient (Wildman–Crippen LogP) is 2.68. The lowest BCUT2D eigenvalue weighted by atomic mass is 9.95. The summed E-state index contributed by atoms with van der Waals surface area (Å²) in [6, 6.07) is 13.4. The Balaban J connectivity index is 1.54. The average Bonchev–Trinajstić information content (AvgIpc) is 2.82. The number of halogens is 1. The highest BCUT2D eigenvalue weighted by Crippen LogP contribution is 2.24. The molecule has 1 fully saturated rings. The lowest BCUT2D eigenvalue weighted by molar-refractivity contribution is -0.132. The number of carbonyl (C=O) groups is 2. The SMILES string of the molecule is CC(C)[C@H](NC(=O)C1CCN(S(=O)(=O)c2ccccc2)CC1)C(=O)NCc1ccc(F)cc1. The Morgan fingerprint density at radius 1 is 1.03 bits per heavy atom. The lowest BCUT2D eigenvalue weighted by Crippen LogP contribution is -2.52. The van der Waals surface area contributed by atoms with E-state index in [4.69, 9.17) is 0 Å². The third-order valence-electron chi connectivity index (χ3n) is 5.83. The van der Waals surface area contributed by atoms with Crippen molar-refractivity contribution in [1.29, 1.82) is 0 Å². The number of hydrogen-bond donors (Lipinski definition) is 2. The molecule has 0 aliphatic carbocycles. The molecule has 33 heavy (non-hydrogen) atoms. The minimum Gasteiger partial charge on any atom is -0.350 e. The fourth-order valence-electron chi connectivity index (χ4n) is 3.81. The van der Waals surface area contributed by atoms with E-state index in [1.54, 1.807) is 42.5 Å². The molecule has 3 rings (SSSR count). The monoisotopic (exact) mass is 475 g/mol. The number of benzene rings is 2. The van der Waals surface area contributed by atoms with Gasteiger partial charge in [0, 0.05) is 25.6 Å². The molecule has 2 amide bonds. The van der Waals surface area contributed by atoms with Gasteiger partial charge in [-0.05, 0) is 48.6 Å². The second-order valence-electron chi connectivity index (χ2n) is 8.57. The van der Waals surface area contributed by atoms with Gasteiger partial charge in [0.05, 0.1) is 4.90 Å². The molecule has 0 saturated carbocycles. The van der Waals surface area contributed by atoms with Crippen molar-refractivity contribution in [2.45, 2.75) is 44.2 Å². The highest BCUT2D eigenvalue weighted by atomic mass is 32.2. The van der Waals surface area contributed by atoms with Crippen LogP contribution in [0.3, 0.4) is 0 Å². The number of carbonyl (C=O) groups excluding carboxylic acids is 2. The summed E-state index contributed by atoms with van der Waals surface area (Å²) in [6.45, 7) is 4.42. The van der Waals surface area contributed by atoms with Crippen LogP contribution in [0, 0.1) is 17.7 Å². The molecule has 1 saturated heterocycles. The molecule has 0 radical (unpaired) electrons. The first kappa shape index (κ1) is 24.9. The molecule has 1 aliphatic rings. The van der Waals surface area contributed by atoms with Crippen LogP contribution < -0.4 is 10.6 Å². The molecule has 0 aromatic heterocycles. The van der Waals surface area contributed by atoms with Crippen LogP contribution in [-0.4, -0.2) is 43.7 Å². The van der Waals surface area contributed by atoms with E-state index in [-0.39, 0.29) is 54.0 Å². The Morgan fingerprint density at radius 3 is 2.21 bits per heavy atom. The van der Waals surface area contributed by atoms with Crippen LogP contribution in [0.4, 0.5) is 4.39 Å². The zero-order valence-electron chi connectivity index (χ0n) is 18.8. The van der Waals surface area contributed by atoms with E-state index >= 15 is 0 Å². The number of sulfonamides is 1. The molecular weight excluding hydrogens is 445 g/mol. The minimum absolute atomic E-state index is 0.138. The normalized spacial score (nSPS) is 16.4. The van der Waals surface area contributed by atoms with Crippen LogP contribution in [0.25, 0.3) is 0 Å². The molecule has 0 unspecified atom stereocenters. The summed E-state index contributed by atoms with van der Waals surface area (Å²) in [5.41, 5.74) is 0.755. The van der Waals surface area contributed by atoms with E-state index in [0.29, 0.717) is 12.8 Å². The second-order valence-corrected chi connectivity index (χ2v) is 10.5. The van der Waals surface area contributed by atoms with Crippen molar-refractivity contribution < 1.29 is 22.4 Å². The highest BCUT2D eigenvalue weighted by Gasteiger charge is 2.34. The largest absolute Gasteiger partial charge is 0.350 e. The van der Waals surface area contributed by atoms with E-state index in [9.17, 15) is 22.4 Å². The van der Waals surface area contributed by atoms with Crippen molar-refractivity contribution >= 4 is 21.8 Å². The third-order valence-corrected chi connectivity index (χ3v) is 7.75. The molecule has 2 aromatic rings. The summed E-state index contributed by atoms with van der Waals surface area (Å²) >= 11 is 0. The quantitative estimate of drug-likeness (QED) is 0.614. The van der Waals surface area contributed by atoms with Crippen LogP contribution in [0.15, 0.2) is 59.5 Å². The first-order valence-electron chi connectivity index (χ1n) is 11.1. The Labute approximate surface area is 194 Å². The zero-order valence-corrected chi connectivity index (χ0v) is 19.6. The molecule has 7 nitrogen and oxygen atoms in total. The van der Waals surface area contributed by atoms with Gasteiger partial charge in [0.2, 0.25) is 21.8 Å². The van der Waals surface area contributed by atoms with Gasteiger partial charge >= 0.3 is 0 Å². The maximum absolute atomic E-state index is 13.0. The van der Waals surface area contributed by atoms with Crippen LogP contribution >= 0.6 is 0 Å². The maximum atomic E-state index is 13.0. The van der Waals surface area contributed by atoms with Gasteiger partial charge in [-0.15, -0.1) is 0 Å². The van der Waals surface area contributed by atoms with E-state index in [1.165, 1.54) is 16.4 Å². The van der Waals surface area contributed by atoms with E-state index in [1.807, 2.05) is 13.8 Å². The summed E-state index contributed by atoms with van der Waals surface area (Å²) in [5.74, 6) is -1.41. The van der Waals surface area contributed by atoms with Crippen LogP contribution in [0.2, 0.25) is 0 Å². The van der Waals surface area contributed by atoms with E-state index in [0.717, 1.165) is 5.56 Å². The fraction of sp³-hybridized carbons (Fsp3) is 0.417. The number of amides is 2. The number of nitrogens with one attached hydrogen (secondary N) is 2. The van der Waals surface area contributed by atoms with Crippen LogP contribution in [0.1, 0.15) is 32.3 Å². The zero-order chi connectivity index (χ0) is 24.0. The standard InChI is InChI=1S/C24H30FN3O4S/c1-17(2)22(24(30)26-16-18-8-10-20(25)11-9-18)27-23(29)19-12-14-28(15-13-19)33(31,32)21-6-4-3-5-7-21/h3-11,17,19,22H,12-16H2,1-2H3,(H,26,30)(H,27,29)/t22-/m0/s1. The molecule has 0 spiro atoms. The van der Waals surface area contributed by atoms with E-state index < -0.39 is 16.1 Å². The average molecular weight is 476 g/mol. The van der Waals surface area contributed by atoms with Gasteiger partial charge in [0.15, 0.2) is 0 Å². The van der Waals surface area contributed by atoms with Crippen molar-refractivity contribution in [3.05, 3.63) is 66.0 Å². The fourth-order valence-corrected chi connectivity index (χ4v) is 5.30. The summed E-state index contributed by atoms with van der Waals surface area (Å²) in [5, 5.41) is 5.63. The Morgan fingerprint density at radius 2 is 1.64 bits per heavy atom. The molecular formula is C24H30FN3O4S. The van der Waals surface area contributed by atoms with Gasteiger partial charge in [-0.25, -0.2) is 12.8 Å². The first-order chi connectivity index (χ1) is 15.7. The van der Waals surface area contributed by atoms with Gasteiger partial charge in [-0.3, -0.25) is 9.59 Å². The van der Waals surface area contributed by atoms with Crippen molar-refractivity contribution in [2.24, 2.45) is 11.8 Å². The van der Waals surface area contributed by atoms with E-state index in [2.05, 4.69) is 10.6 Å². The first-order valence-corrected chi connectivity index (χ1v) is 12.5. The molecule has 0 bridgehead atoms. The van der Waals surface area contributed by atoms with Gasteiger partial charge in [-0.2, -0.15) is 4.31 Å². The van der Waals surface area contributed by atoms with Gasteiger partial charge in [-0.1, -0.05) is 44.2 Å². The molecule has 2 aromatic carbocycles. The summed E-state index contributed by atoms with van der Waals surface area (Å²) in [4.78, 5) is 25.8. The number of rotatable bonds is 8. The van der Waals surface area contributed by atoms with Crippen LogP contribution in [0.5, 0.6) is 0 Å². The van der Waals surface area contributed by atoms with Crippen molar-refractivity contribution in [1.82, 2.24) is 14.9 Å². The molecule has 1 aliphatic heterocycles. The predicted molar refractivity (Wildman–Crippen MR) is 123 cm³/mol. The maximum Gasteiger partial charge on any atom is 0.243 e. The Kier molecular flexibility index (Phi) is 8.20. The number of nitrogens with zero attached hydrogens (tertiary/aromatic N) is 1.